The van der Waals surface area contributed by atoms with E-state index in [0.29, 0.717) is 0 Å². The van der Waals surface area contributed by atoms with Crippen molar-refractivity contribution in [1.29, 1.82) is 0 Å². The molecule has 4 nitrogen and oxygen atoms in total. The second kappa shape index (κ2) is 3.72. The Morgan fingerprint density at radius 3 is 2.67 bits per heavy atom. The molecule has 0 radical (unpaired) electrons. The SMILES string of the molecule is C[C@@H]1CCC[C@H](CS(N)(=O)=O)O1. The Kier molecular flexibility index (Phi) is 3.09. The predicted molar refractivity (Wildman–Crippen MR) is 46.2 cm³/mol. The fourth-order valence-electron chi connectivity index (χ4n) is 1.48. The monoisotopic (exact) mass is 193 g/mol. The Bertz CT molecular complexity index is 237. The van der Waals surface area contributed by atoms with E-state index in [0.717, 1.165) is 19.3 Å². The van der Waals surface area contributed by atoms with Gasteiger partial charge in [-0.1, -0.05) is 0 Å². The van der Waals surface area contributed by atoms with Crippen LogP contribution in [-0.4, -0.2) is 26.4 Å². The van der Waals surface area contributed by atoms with Gasteiger partial charge in [-0.15, -0.1) is 0 Å². The number of nitrogens with two attached hydrogens (primary N) is 1. The molecular weight excluding hydrogens is 178 g/mol. The molecule has 1 aliphatic rings. The average Bonchev–Trinajstić information content (AvgIpc) is 1.82. The average molecular weight is 193 g/mol. The summed E-state index contributed by atoms with van der Waals surface area (Å²) in [5, 5.41) is 4.90. The topological polar surface area (TPSA) is 69.4 Å². The summed E-state index contributed by atoms with van der Waals surface area (Å²) in [6, 6.07) is 0. The summed E-state index contributed by atoms with van der Waals surface area (Å²) in [5.41, 5.74) is 0. The third-order valence-corrected chi connectivity index (χ3v) is 2.82. The van der Waals surface area contributed by atoms with E-state index in [1.165, 1.54) is 0 Å². The summed E-state index contributed by atoms with van der Waals surface area (Å²) in [6.45, 7) is 1.95. The van der Waals surface area contributed by atoms with Crippen molar-refractivity contribution in [2.75, 3.05) is 5.75 Å². The van der Waals surface area contributed by atoms with Crippen LogP contribution in [0.5, 0.6) is 0 Å². The lowest BCUT2D eigenvalue weighted by molar-refractivity contribution is -0.0274. The van der Waals surface area contributed by atoms with Crippen LogP contribution in [0.1, 0.15) is 26.2 Å². The molecule has 0 saturated carbocycles. The van der Waals surface area contributed by atoms with E-state index in [1.807, 2.05) is 6.92 Å². The Labute approximate surface area is 73.1 Å². The molecule has 1 rings (SSSR count). The number of ether oxygens (including phenoxy) is 1. The molecule has 1 heterocycles. The molecule has 1 aliphatic heterocycles. The van der Waals surface area contributed by atoms with Crippen LogP contribution < -0.4 is 5.14 Å². The molecule has 0 bridgehead atoms. The molecule has 0 aromatic carbocycles. The van der Waals surface area contributed by atoms with Gasteiger partial charge in [-0.3, -0.25) is 0 Å². The van der Waals surface area contributed by atoms with Gasteiger partial charge in [0, 0.05) is 0 Å². The van der Waals surface area contributed by atoms with Gasteiger partial charge in [0.1, 0.15) is 0 Å². The Morgan fingerprint density at radius 1 is 1.50 bits per heavy atom. The maximum absolute atomic E-state index is 10.7. The van der Waals surface area contributed by atoms with Crippen LogP contribution in [0.2, 0.25) is 0 Å². The zero-order valence-electron chi connectivity index (χ0n) is 7.19. The summed E-state index contributed by atoms with van der Waals surface area (Å²) in [6.07, 6.45) is 2.83. The van der Waals surface area contributed by atoms with E-state index in [1.54, 1.807) is 0 Å². The molecule has 12 heavy (non-hydrogen) atoms. The van der Waals surface area contributed by atoms with Gasteiger partial charge in [-0.25, -0.2) is 13.6 Å². The van der Waals surface area contributed by atoms with Gasteiger partial charge in [0.05, 0.1) is 18.0 Å². The molecule has 0 aliphatic carbocycles. The first-order valence-corrected chi connectivity index (χ1v) is 5.85. The van der Waals surface area contributed by atoms with Crippen LogP contribution in [0.4, 0.5) is 0 Å². The molecule has 1 fully saturated rings. The van der Waals surface area contributed by atoms with Crippen molar-refractivity contribution in [2.45, 2.75) is 38.4 Å². The zero-order chi connectivity index (χ0) is 9.19. The fraction of sp³-hybridized carbons (Fsp3) is 1.00. The van der Waals surface area contributed by atoms with Gasteiger partial charge >= 0.3 is 0 Å². The highest BCUT2D eigenvalue weighted by Crippen LogP contribution is 2.18. The molecule has 72 valence electrons. The molecule has 0 unspecified atom stereocenters. The lowest BCUT2D eigenvalue weighted by atomic mass is 10.1. The smallest absolute Gasteiger partial charge is 0.211 e. The van der Waals surface area contributed by atoms with Crippen LogP contribution in [-0.2, 0) is 14.8 Å². The third kappa shape index (κ3) is 3.51. The van der Waals surface area contributed by atoms with E-state index in [4.69, 9.17) is 9.88 Å². The van der Waals surface area contributed by atoms with E-state index >= 15 is 0 Å². The number of rotatable bonds is 2. The highest BCUT2D eigenvalue weighted by molar-refractivity contribution is 7.89. The van der Waals surface area contributed by atoms with Gasteiger partial charge < -0.3 is 4.74 Å². The number of hydrogen-bond donors (Lipinski definition) is 1. The molecule has 5 heteroatoms. The first-order valence-electron chi connectivity index (χ1n) is 4.13. The van der Waals surface area contributed by atoms with Crippen molar-refractivity contribution in [3.05, 3.63) is 0 Å². The van der Waals surface area contributed by atoms with E-state index in [9.17, 15) is 8.42 Å². The minimum Gasteiger partial charge on any atom is -0.374 e. The second-order valence-electron chi connectivity index (χ2n) is 3.33. The minimum absolute atomic E-state index is 0.0443. The van der Waals surface area contributed by atoms with Crippen LogP contribution in [0.25, 0.3) is 0 Å². The highest BCUT2D eigenvalue weighted by atomic mass is 32.2. The van der Waals surface area contributed by atoms with Crippen molar-refractivity contribution >= 4 is 10.0 Å². The van der Waals surface area contributed by atoms with E-state index in [2.05, 4.69) is 0 Å². The number of primary sulfonamides is 1. The predicted octanol–water partition coefficient (Wildman–Crippen LogP) is 0.233. The molecule has 0 spiro atoms. The van der Waals surface area contributed by atoms with Crippen LogP contribution in [0.15, 0.2) is 0 Å². The molecule has 0 aromatic heterocycles. The first-order chi connectivity index (χ1) is 5.47. The van der Waals surface area contributed by atoms with Crippen molar-refractivity contribution in [3.8, 4) is 0 Å². The van der Waals surface area contributed by atoms with Crippen LogP contribution >= 0.6 is 0 Å². The maximum Gasteiger partial charge on any atom is 0.211 e. The molecule has 2 atom stereocenters. The van der Waals surface area contributed by atoms with Crippen molar-refractivity contribution in [2.24, 2.45) is 5.14 Å². The van der Waals surface area contributed by atoms with Gasteiger partial charge in [0.2, 0.25) is 10.0 Å². The Balaban J connectivity index is 2.43. The Morgan fingerprint density at radius 2 is 2.17 bits per heavy atom. The number of sulfonamides is 1. The fourth-order valence-corrected chi connectivity index (χ4v) is 2.24. The third-order valence-electron chi connectivity index (χ3n) is 1.98. The summed E-state index contributed by atoms with van der Waals surface area (Å²) in [5.74, 6) is -0.0443. The highest BCUT2D eigenvalue weighted by Gasteiger charge is 2.22. The summed E-state index contributed by atoms with van der Waals surface area (Å²) in [4.78, 5) is 0. The summed E-state index contributed by atoms with van der Waals surface area (Å²) >= 11 is 0. The Hall–Kier alpha value is -0.130. The molecular formula is C7H15NO3S. The van der Waals surface area contributed by atoms with Crippen molar-refractivity contribution < 1.29 is 13.2 Å². The minimum atomic E-state index is -3.37. The molecule has 1 saturated heterocycles. The van der Waals surface area contributed by atoms with Gasteiger partial charge in [-0.2, -0.15) is 0 Å². The van der Waals surface area contributed by atoms with Crippen LogP contribution in [0.3, 0.4) is 0 Å². The number of hydrogen-bond acceptors (Lipinski definition) is 3. The maximum atomic E-state index is 10.7. The quantitative estimate of drug-likeness (QED) is 0.682. The molecule has 0 aromatic rings. The van der Waals surface area contributed by atoms with E-state index < -0.39 is 10.0 Å². The van der Waals surface area contributed by atoms with Gasteiger partial charge in [-0.05, 0) is 26.2 Å². The molecule has 2 N–H and O–H groups in total. The van der Waals surface area contributed by atoms with E-state index in [-0.39, 0.29) is 18.0 Å². The second-order valence-corrected chi connectivity index (χ2v) is 4.99. The summed E-state index contributed by atoms with van der Waals surface area (Å²) < 4.78 is 26.8. The standard InChI is InChI=1S/C7H15NO3S/c1-6-3-2-4-7(11-6)5-12(8,9)10/h6-7H,2-5H2,1H3,(H2,8,9,10)/t6-,7-/m1/s1. The zero-order valence-corrected chi connectivity index (χ0v) is 8.01. The van der Waals surface area contributed by atoms with Crippen molar-refractivity contribution in [1.82, 2.24) is 0 Å². The van der Waals surface area contributed by atoms with Crippen molar-refractivity contribution in [3.63, 3.8) is 0 Å². The van der Waals surface area contributed by atoms with Gasteiger partial charge in [0.15, 0.2) is 0 Å². The summed E-state index contributed by atoms with van der Waals surface area (Å²) in [7, 11) is -3.37. The molecule has 0 amide bonds. The largest absolute Gasteiger partial charge is 0.374 e. The van der Waals surface area contributed by atoms with Crippen LogP contribution in [0, 0.1) is 0 Å². The first kappa shape index (κ1) is 9.95. The van der Waals surface area contributed by atoms with Gasteiger partial charge in [0.25, 0.3) is 0 Å². The normalized spacial score (nSPS) is 31.8. The lowest BCUT2D eigenvalue weighted by Crippen LogP contribution is -2.34. The lowest BCUT2D eigenvalue weighted by Gasteiger charge is -2.26.